The summed E-state index contributed by atoms with van der Waals surface area (Å²) in [6, 6.07) is 11.6. The Hall–Kier alpha value is -3.25. The topological polar surface area (TPSA) is 58.4 Å². The third kappa shape index (κ3) is 3.66. The molecule has 154 valence electrons. The number of carbonyl (C=O) groups is 1. The summed E-state index contributed by atoms with van der Waals surface area (Å²) in [5.41, 5.74) is 3.52. The van der Waals surface area contributed by atoms with Gasteiger partial charge in [-0.3, -0.25) is 4.79 Å². The molecule has 0 aliphatic carbocycles. The standard InChI is InChI=1S/C24H23NO5/c1-2-7-25-12-18(8-16-3-5-20-22(10-16)29-14-27-20)24(26)19(13-25)9-17-4-6-21-23(11-17)30-15-28-21/h3-6,8-11H,2,7,12-15H2,1H3/p+1/b18-8+,19-9+. The van der Waals surface area contributed by atoms with Crippen molar-refractivity contribution >= 4 is 17.9 Å². The molecule has 0 spiro atoms. The number of rotatable bonds is 4. The van der Waals surface area contributed by atoms with Crippen LogP contribution in [-0.4, -0.2) is 39.0 Å². The molecular weight excluding hydrogens is 382 g/mol. The van der Waals surface area contributed by atoms with Crippen LogP contribution >= 0.6 is 0 Å². The van der Waals surface area contributed by atoms with Crippen molar-refractivity contribution in [2.75, 3.05) is 33.2 Å². The molecule has 1 fully saturated rings. The molecule has 6 heteroatoms. The molecule has 5 rings (SSSR count). The summed E-state index contributed by atoms with van der Waals surface area (Å²) in [5.74, 6) is 3.04. The van der Waals surface area contributed by atoms with Gasteiger partial charge in [-0.25, -0.2) is 0 Å². The summed E-state index contributed by atoms with van der Waals surface area (Å²) in [7, 11) is 0. The van der Waals surface area contributed by atoms with Gasteiger partial charge in [0.15, 0.2) is 28.8 Å². The van der Waals surface area contributed by atoms with E-state index in [1.54, 1.807) is 0 Å². The molecule has 1 N–H and O–H groups in total. The summed E-state index contributed by atoms with van der Waals surface area (Å²) < 4.78 is 21.7. The van der Waals surface area contributed by atoms with E-state index in [-0.39, 0.29) is 19.4 Å². The Labute approximate surface area is 175 Å². The molecule has 0 saturated carbocycles. The second-order valence-electron chi connectivity index (χ2n) is 7.75. The van der Waals surface area contributed by atoms with Crippen LogP contribution in [0.4, 0.5) is 0 Å². The number of nitrogens with one attached hydrogen (secondary N) is 1. The van der Waals surface area contributed by atoms with Crippen LogP contribution in [0.1, 0.15) is 24.5 Å². The number of likely N-dealkylation sites (tertiary alicyclic amines) is 1. The quantitative estimate of drug-likeness (QED) is 0.791. The number of fused-ring (bicyclic) bond motifs is 2. The summed E-state index contributed by atoms with van der Waals surface area (Å²) in [4.78, 5) is 14.7. The van der Waals surface area contributed by atoms with E-state index in [2.05, 4.69) is 6.92 Å². The van der Waals surface area contributed by atoms with E-state index >= 15 is 0 Å². The van der Waals surface area contributed by atoms with Crippen molar-refractivity contribution < 1.29 is 28.6 Å². The maximum atomic E-state index is 13.3. The molecule has 1 saturated heterocycles. The maximum absolute atomic E-state index is 13.3. The highest BCUT2D eigenvalue weighted by Crippen LogP contribution is 2.34. The molecular formula is C24H24NO5+. The first-order chi connectivity index (χ1) is 14.7. The zero-order valence-electron chi connectivity index (χ0n) is 16.9. The van der Waals surface area contributed by atoms with E-state index in [1.165, 1.54) is 4.90 Å². The van der Waals surface area contributed by atoms with Crippen molar-refractivity contribution in [2.24, 2.45) is 0 Å². The number of carbonyl (C=O) groups excluding carboxylic acids is 1. The van der Waals surface area contributed by atoms with Crippen LogP contribution in [0, 0.1) is 0 Å². The fraction of sp³-hybridized carbons (Fsp3) is 0.292. The second kappa shape index (κ2) is 7.88. The molecule has 0 radical (unpaired) electrons. The molecule has 0 unspecified atom stereocenters. The predicted octanol–water partition coefficient (Wildman–Crippen LogP) is 2.49. The molecule has 3 heterocycles. The summed E-state index contributed by atoms with van der Waals surface area (Å²) in [6.07, 6.45) is 5.03. The minimum Gasteiger partial charge on any atom is -0.454 e. The highest BCUT2D eigenvalue weighted by Gasteiger charge is 2.29. The van der Waals surface area contributed by atoms with Crippen molar-refractivity contribution in [2.45, 2.75) is 13.3 Å². The Kier molecular flexibility index (Phi) is 4.93. The lowest BCUT2D eigenvalue weighted by Gasteiger charge is -2.26. The molecule has 30 heavy (non-hydrogen) atoms. The first kappa shape index (κ1) is 18.8. The number of benzene rings is 2. The van der Waals surface area contributed by atoms with Gasteiger partial charge in [0.05, 0.1) is 17.7 Å². The number of ketones is 1. The van der Waals surface area contributed by atoms with Crippen LogP contribution in [-0.2, 0) is 4.79 Å². The van der Waals surface area contributed by atoms with Crippen LogP contribution in [0.25, 0.3) is 12.2 Å². The van der Waals surface area contributed by atoms with E-state index in [4.69, 9.17) is 18.9 Å². The zero-order valence-corrected chi connectivity index (χ0v) is 16.9. The molecule has 3 aliphatic rings. The van der Waals surface area contributed by atoms with Crippen molar-refractivity contribution in [3.05, 3.63) is 58.7 Å². The molecule has 0 bridgehead atoms. The Morgan fingerprint density at radius 3 is 1.80 bits per heavy atom. The van der Waals surface area contributed by atoms with E-state index in [0.717, 1.165) is 71.3 Å². The van der Waals surface area contributed by atoms with Gasteiger partial charge in [0, 0.05) is 0 Å². The van der Waals surface area contributed by atoms with Gasteiger partial charge in [-0.1, -0.05) is 19.1 Å². The average molecular weight is 406 g/mol. The Balaban J connectivity index is 1.46. The summed E-state index contributed by atoms with van der Waals surface area (Å²) >= 11 is 0. The van der Waals surface area contributed by atoms with Crippen LogP contribution in [0.15, 0.2) is 47.5 Å². The van der Waals surface area contributed by atoms with E-state index in [9.17, 15) is 4.79 Å². The fourth-order valence-corrected chi connectivity index (χ4v) is 4.14. The van der Waals surface area contributed by atoms with Crippen molar-refractivity contribution in [3.8, 4) is 23.0 Å². The van der Waals surface area contributed by atoms with Crippen LogP contribution in [0.3, 0.4) is 0 Å². The first-order valence-corrected chi connectivity index (χ1v) is 10.3. The maximum Gasteiger partial charge on any atom is 0.231 e. The lowest BCUT2D eigenvalue weighted by atomic mass is 9.94. The van der Waals surface area contributed by atoms with E-state index in [0.29, 0.717) is 0 Å². The molecule has 2 aromatic carbocycles. The third-order valence-corrected chi connectivity index (χ3v) is 5.54. The number of hydrogen-bond donors (Lipinski definition) is 1. The average Bonchev–Trinajstić information content (AvgIpc) is 3.40. The largest absolute Gasteiger partial charge is 0.454 e. The van der Waals surface area contributed by atoms with Gasteiger partial charge in [0.1, 0.15) is 13.1 Å². The minimum absolute atomic E-state index is 0.102. The number of hydrogen-bond acceptors (Lipinski definition) is 5. The van der Waals surface area contributed by atoms with Gasteiger partial charge in [-0.15, -0.1) is 0 Å². The smallest absolute Gasteiger partial charge is 0.231 e. The van der Waals surface area contributed by atoms with Crippen molar-refractivity contribution in [3.63, 3.8) is 0 Å². The minimum atomic E-state index is 0.102. The summed E-state index contributed by atoms with van der Waals surface area (Å²) in [6.45, 7) is 5.12. The van der Waals surface area contributed by atoms with Crippen LogP contribution in [0.2, 0.25) is 0 Å². The first-order valence-electron chi connectivity index (χ1n) is 10.3. The van der Waals surface area contributed by atoms with E-state index < -0.39 is 0 Å². The molecule has 3 aliphatic heterocycles. The molecule has 6 nitrogen and oxygen atoms in total. The van der Waals surface area contributed by atoms with Gasteiger partial charge in [-0.05, 0) is 54.0 Å². The Morgan fingerprint density at radius 2 is 1.30 bits per heavy atom. The van der Waals surface area contributed by atoms with Crippen LogP contribution in [0.5, 0.6) is 23.0 Å². The van der Waals surface area contributed by atoms with Gasteiger partial charge >= 0.3 is 0 Å². The lowest BCUT2D eigenvalue weighted by Crippen LogP contribution is -3.13. The lowest BCUT2D eigenvalue weighted by molar-refractivity contribution is -0.891. The number of piperidine rings is 1. The molecule has 2 aromatic rings. The highest BCUT2D eigenvalue weighted by atomic mass is 16.7. The van der Waals surface area contributed by atoms with Gasteiger partial charge in [-0.2, -0.15) is 0 Å². The monoisotopic (exact) mass is 406 g/mol. The second-order valence-corrected chi connectivity index (χ2v) is 7.75. The molecule has 0 amide bonds. The summed E-state index contributed by atoms with van der Waals surface area (Å²) in [5, 5.41) is 0. The van der Waals surface area contributed by atoms with Gasteiger partial charge in [0.2, 0.25) is 13.6 Å². The highest BCUT2D eigenvalue weighted by molar-refractivity contribution is 6.14. The SMILES string of the molecule is CCC[NH+]1C/C(=C\c2ccc3c(c2)OCO3)C(=O)/C(=C/c2ccc3c(c2)OCO3)C1. The van der Waals surface area contributed by atoms with Crippen molar-refractivity contribution in [1.82, 2.24) is 0 Å². The zero-order chi connectivity index (χ0) is 20.5. The van der Waals surface area contributed by atoms with E-state index in [1.807, 2.05) is 48.6 Å². The number of Topliss-reactive ketones (excluding diaryl/α,β-unsaturated/α-hetero) is 1. The van der Waals surface area contributed by atoms with Gasteiger partial charge < -0.3 is 23.8 Å². The van der Waals surface area contributed by atoms with Gasteiger partial charge in [0.25, 0.3) is 0 Å². The normalized spacial score (nSPS) is 22.2. The molecule has 0 aromatic heterocycles. The predicted molar refractivity (Wildman–Crippen MR) is 112 cm³/mol. The Bertz CT molecular complexity index is 976. The van der Waals surface area contributed by atoms with Crippen LogP contribution < -0.4 is 23.8 Å². The fourth-order valence-electron chi connectivity index (χ4n) is 4.14. The Morgan fingerprint density at radius 1 is 0.800 bits per heavy atom. The number of ether oxygens (including phenoxy) is 4. The van der Waals surface area contributed by atoms with Crippen molar-refractivity contribution in [1.29, 1.82) is 0 Å². The third-order valence-electron chi connectivity index (χ3n) is 5.54. The number of quaternary nitrogens is 1. The molecule has 0 atom stereocenters.